The van der Waals surface area contributed by atoms with Crippen LogP contribution in [0, 0.1) is 5.82 Å². The molecule has 1 aliphatic carbocycles. The average Bonchev–Trinajstić information content (AvgIpc) is 3.15. The van der Waals surface area contributed by atoms with Gasteiger partial charge in [0, 0.05) is 10.4 Å². The second kappa shape index (κ2) is 9.35. The number of aryl methyl sites for hydroxylation is 2. The summed E-state index contributed by atoms with van der Waals surface area (Å²) in [5.41, 5.74) is 2.72. The van der Waals surface area contributed by atoms with Gasteiger partial charge in [0.25, 0.3) is 5.56 Å². The fourth-order valence-electron chi connectivity index (χ4n) is 4.33. The van der Waals surface area contributed by atoms with E-state index < -0.39 is 0 Å². The van der Waals surface area contributed by atoms with E-state index in [1.54, 1.807) is 36.6 Å². The Morgan fingerprint density at radius 2 is 1.82 bits per heavy atom. The lowest BCUT2D eigenvalue weighted by Crippen LogP contribution is -2.10. The fraction of sp³-hybridized carbons (Fsp3) is 0.308. The van der Waals surface area contributed by atoms with E-state index in [4.69, 9.17) is 14.5 Å². The lowest BCUT2D eigenvalue weighted by Gasteiger charge is -2.12. The molecule has 0 saturated carbocycles. The van der Waals surface area contributed by atoms with Crippen LogP contribution in [0.15, 0.2) is 47.3 Å². The number of methoxy groups -OCH3 is 1. The number of benzene rings is 2. The second-order valence-corrected chi connectivity index (χ2v) is 9.38. The number of nitrogens with zero attached hydrogens (tertiary/aromatic N) is 1. The smallest absolute Gasteiger partial charge is 0.260 e. The van der Waals surface area contributed by atoms with Crippen molar-refractivity contribution in [3.8, 4) is 22.9 Å². The number of rotatable bonds is 5. The first-order valence-corrected chi connectivity index (χ1v) is 12.0. The molecule has 0 bridgehead atoms. The molecule has 1 N–H and O–H groups in total. The number of aromatic nitrogens is 2. The summed E-state index contributed by atoms with van der Waals surface area (Å²) in [6.07, 6.45) is 6.73. The third-order valence-electron chi connectivity index (χ3n) is 6.07. The van der Waals surface area contributed by atoms with Crippen molar-refractivity contribution in [2.45, 2.75) is 45.1 Å². The van der Waals surface area contributed by atoms with Crippen molar-refractivity contribution < 1.29 is 13.9 Å². The van der Waals surface area contributed by atoms with Gasteiger partial charge in [-0.1, -0.05) is 25.0 Å². The number of fused-ring (bicyclic) bond motifs is 3. The summed E-state index contributed by atoms with van der Waals surface area (Å²) in [4.78, 5) is 22.9. The number of halogens is 1. The summed E-state index contributed by atoms with van der Waals surface area (Å²) >= 11 is 1.65. The molecule has 0 fully saturated rings. The van der Waals surface area contributed by atoms with Crippen LogP contribution >= 0.6 is 11.3 Å². The molecule has 5 rings (SSSR count). The Bertz CT molecular complexity index is 1340. The van der Waals surface area contributed by atoms with Crippen LogP contribution in [0.1, 0.15) is 41.7 Å². The number of aromatic amines is 1. The van der Waals surface area contributed by atoms with Gasteiger partial charge in [0.05, 0.1) is 12.5 Å². The fourth-order valence-corrected chi connectivity index (χ4v) is 5.59. The van der Waals surface area contributed by atoms with Crippen LogP contribution in [0.2, 0.25) is 0 Å². The summed E-state index contributed by atoms with van der Waals surface area (Å²) in [7, 11) is 1.57. The highest BCUT2D eigenvalue weighted by atomic mass is 32.1. The maximum Gasteiger partial charge on any atom is 0.260 e. The standard InChI is InChI=1S/C26H25FN2O3S/c1-31-21-14-17(10-13-20(21)32-15-16-8-11-18(27)12-9-16)24-28-25(30)23-19-6-4-2-3-5-7-22(19)33-26(23)29-24/h8-14H,2-7,15H2,1H3,(H,28,29,30). The van der Waals surface area contributed by atoms with Crippen LogP contribution in [-0.2, 0) is 19.4 Å². The number of nitrogens with one attached hydrogen (secondary N) is 1. The van der Waals surface area contributed by atoms with Crippen LogP contribution < -0.4 is 15.0 Å². The van der Waals surface area contributed by atoms with Crippen molar-refractivity contribution >= 4 is 21.6 Å². The third-order valence-corrected chi connectivity index (χ3v) is 7.26. The van der Waals surface area contributed by atoms with Gasteiger partial charge in [0.15, 0.2) is 11.5 Å². The van der Waals surface area contributed by atoms with Gasteiger partial charge >= 0.3 is 0 Å². The lowest BCUT2D eigenvalue weighted by atomic mass is 9.98. The molecule has 2 aromatic carbocycles. The van der Waals surface area contributed by atoms with Crippen LogP contribution in [0.25, 0.3) is 21.6 Å². The first-order valence-electron chi connectivity index (χ1n) is 11.2. The first-order chi connectivity index (χ1) is 16.1. The van der Waals surface area contributed by atoms with Crippen molar-refractivity contribution in [2.75, 3.05) is 7.11 Å². The van der Waals surface area contributed by atoms with Crippen LogP contribution in [0.5, 0.6) is 11.5 Å². The molecule has 2 aromatic heterocycles. The summed E-state index contributed by atoms with van der Waals surface area (Å²) in [5.74, 6) is 1.34. The van der Waals surface area contributed by atoms with Crippen molar-refractivity contribution in [3.05, 3.63) is 74.6 Å². The maximum absolute atomic E-state index is 13.1. The monoisotopic (exact) mass is 464 g/mol. The maximum atomic E-state index is 13.1. The molecule has 5 nitrogen and oxygen atoms in total. The zero-order valence-electron chi connectivity index (χ0n) is 18.4. The van der Waals surface area contributed by atoms with Crippen molar-refractivity contribution in [3.63, 3.8) is 0 Å². The molecule has 0 amide bonds. The van der Waals surface area contributed by atoms with Gasteiger partial charge in [-0.05, 0) is 67.1 Å². The quantitative estimate of drug-likeness (QED) is 0.391. The summed E-state index contributed by atoms with van der Waals surface area (Å²) < 4.78 is 24.5. The molecule has 4 aromatic rings. The molecule has 0 spiro atoms. The molecule has 2 heterocycles. The summed E-state index contributed by atoms with van der Waals surface area (Å²) in [6.45, 7) is 0.289. The third kappa shape index (κ3) is 4.50. The predicted octanol–water partition coefficient (Wildman–Crippen LogP) is 6.04. The van der Waals surface area contributed by atoms with Gasteiger partial charge in [-0.3, -0.25) is 4.79 Å². The van der Waals surface area contributed by atoms with Crippen molar-refractivity contribution in [2.24, 2.45) is 0 Å². The normalized spacial score (nSPS) is 13.9. The number of H-pyrrole nitrogens is 1. The van der Waals surface area contributed by atoms with E-state index in [-0.39, 0.29) is 18.0 Å². The number of ether oxygens (including phenoxy) is 2. The Balaban J connectivity index is 1.45. The Kier molecular flexibility index (Phi) is 6.13. The SMILES string of the molecule is COc1cc(-c2nc3sc4c(c3c(=O)[nH]2)CCCCCC4)ccc1OCc1ccc(F)cc1. The van der Waals surface area contributed by atoms with Gasteiger partial charge in [-0.25, -0.2) is 9.37 Å². The summed E-state index contributed by atoms with van der Waals surface area (Å²) in [6, 6.07) is 11.7. The van der Waals surface area contributed by atoms with E-state index in [1.165, 1.54) is 41.8 Å². The Morgan fingerprint density at radius 3 is 2.61 bits per heavy atom. The Hall–Kier alpha value is -3.19. The average molecular weight is 465 g/mol. The van der Waals surface area contributed by atoms with E-state index in [1.807, 2.05) is 12.1 Å². The number of thiophene rings is 1. The minimum absolute atomic E-state index is 0.0799. The van der Waals surface area contributed by atoms with Crippen LogP contribution in [0.4, 0.5) is 4.39 Å². The largest absolute Gasteiger partial charge is 0.493 e. The molecule has 0 aliphatic heterocycles. The summed E-state index contributed by atoms with van der Waals surface area (Å²) in [5, 5.41) is 0.756. The lowest BCUT2D eigenvalue weighted by molar-refractivity contribution is 0.284. The minimum Gasteiger partial charge on any atom is -0.493 e. The molecule has 170 valence electrons. The molecule has 33 heavy (non-hydrogen) atoms. The number of hydrogen-bond donors (Lipinski definition) is 1. The first kappa shape index (κ1) is 21.6. The van der Waals surface area contributed by atoms with E-state index in [2.05, 4.69) is 4.98 Å². The highest BCUT2D eigenvalue weighted by molar-refractivity contribution is 7.18. The molecule has 0 radical (unpaired) electrons. The van der Waals surface area contributed by atoms with Gasteiger partial charge in [-0.15, -0.1) is 11.3 Å². The van der Waals surface area contributed by atoms with E-state index in [0.29, 0.717) is 17.3 Å². The van der Waals surface area contributed by atoms with Gasteiger partial charge in [-0.2, -0.15) is 0 Å². The van der Waals surface area contributed by atoms with Crippen molar-refractivity contribution in [1.82, 2.24) is 9.97 Å². The molecule has 0 unspecified atom stereocenters. The zero-order chi connectivity index (χ0) is 22.8. The predicted molar refractivity (Wildman–Crippen MR) is 129 cm³/mol. The highest BCUT2D eigenvalue weighted by Gasteiger charge is 2.19. The van der Waals surface area contributed by atoms with Gasteiger partial charge < -0.3 is 14.5 Å². The molecule has 7 heteroatoms. The molecule has 0 saturated heterocycles. The molecular weight excluding hydrogens is 439 g/mol. The van der Waals surface area contributed by atoms with Crippen LogP contribution in [-0.4, -0.2) is 17.1 Å². The molecule has 0 atom stereocenters. The minimum atomic E-state index is -0.281. The second-order valence-electron chi connectivity index (χ2n) is 8.29. The highest BCUT2D eigenvalue weighted by Crippen LogP contribution is 2.35. The van der Waals surface area contributed by atoms with E-state index >= 15 is 0 Å². The topological polar surface area (TPSA) is 64.2 Å². The van der Waals surface area contributed by atoms with Gasteiger partial charge in [0.1, 0.15) is 23.1 Å². The Morgan fingerprint density at radius 1 is 1.03 bits per heavy atom. The Labute approximate surface area is 195 Å². The van der Waals surface area contributed by atoms with Gasteiger partial charge in [0.2, 0.25) is 0 Å². The van der Waals surface area contributed by atoms with Crippen molar-refractivity contribution in [1.29, 1.82) is 0 Å². The van der Waals surface area contributed by atoms with E-state index in [9.17, 15) is 9.18 Å². The molecular formula is C26H25FN2O3S. The van der Waals surface area contributed by atoms with Crippen LogP contribution in [0.3, 0.4) is 0 Å². The van der Waals surface area contributed by atoms with E-state index in [0.717, 1.165) is 40.6 Å². The zero-order valence-corrected chi connectivity index (χ0v) is 19.3. The molecule has 1 aliphatic rings. The number of hydrogen-bond acceptors (Lipinski definition) is 5.